The van der Waals surface area contributed by atoms with E-state index in [1.165, 1.54) is 28.9 Å². The summed E-state index contributed by atoms with van der Waals surface area (Å²) in [5, 5.41) is 27.0. The largest absolute Gasteiger partial charge is 0.481 e. The first-order valence-electron chi connectivity index (χ1n) is 11.4. The van der Waals surface area contributed by atoms with Gasteiger partial charge in [-0.25, -0.2) is 4.39 Å². The lowest BCUT2D eigenvalue weighted by molar-refractivity contribution is -0.137. The number of carboxylic acid groups (broad SMARTS) is 1. The van der Waals surface area contributed by atoms with Crippen LogP contribution in [-0.4, -0.2) is 44.1 Å². The number of ether oxygens (including phenoxy) is 1. The first-order chi connectivity index (χ1) is 16.7. The number of halogens is 1. The Morgan fingerprint density at radius 2 is 1.91 bits per heavy atom. The molecular weight excluding hydrogens is 453 g/mol. The molecule has 2 aromatic carbocycles. The molecule has 1 aliphatic rings. The molecule has 0 saturated heterocycles. The van der Waals surface area contributed by atoms with Crippen LogP contribution in [0.3, 0.4) is 0 Å². The van der Waals surface area contributed by atoms with E-state index in [9.17, 15) is 24.2 Å². The summed E-state index contributed by atoms with van der Waals surface area (Å²) in [5.74, 6) is -2.05. The van der Waals surface area contributed by atoms with E-state index in [0.29, 0.717) is 5.56 Å². The second-order valence-electron chi connectivity index (χ2n) is 9.13. The summed E-state index contributed by atoms with van der Waals surface area (Å²) in [6.07, 6.45) is 1.49. The summed E-state index contributed by atoms with van der Waals surface area (Å²) in [5.41, 5.74) is 0.451. The van der Waals surface area contributed by atoms with E-state index in [4.69, 9.17) is 4.74 Å². The van der Waals surface area contributed by atoms with Crippen molar-refractivity contribution in [3.63, 3.8) is 0 Å². The number of hydrogen-bond donors (Lipinski definition) is 3. The average molecular weight is 482 g/mol. The SMILES string of the molecule is Cc1ccccc1[C@H](CC(=O)O)NC(=O)c1cc(OCC(C)(O)C2CC2)n(-c2ccccc2F)n1. The van der Waals surface area contributed by atoms with Crippen molar-refractivity contribution in [2.24, 2.45) is 5.92 Å². The molecule has 1 fully saturated rings. The lowest BCUT2D eigenvalue weighted by atomic mass is 9.98. The average Bonchev–Trinajstić information content (AvgIpc) is 3.59. The van der Waals surface area contributed by atoms with Gasteiger partial charge in [0.05, 0.1) is 18.1 Å². The third-order valence-electron chi connectivity index (χ3n) is 6.21. The number of nitrogens with one attached hydrogen (secondary N) is 1. The van der Waals surface area contributed by atoms with Gasteiger partial charge in [-0.1, -0.05) is 36.4 Å². The van der Waals surface area contributed by atoms with E-state index >= 15 is 0 Å². The number of carbonyl (C=O) groups is 2. The van der Waals surface area contributed by atoms with E-state index < -0.39 is 29.3 Å². The summed E-state index contributed by atoms with van der Waals surface area (Å²) in [6.45, 7) is 3.46. The molecule has 3 N–H and O–H groups in total. The number of carbonyl (C=O) groups excluding carboxylic acids is 1. The molecule has 1 aliphatic carbocycles. The molecule has 0 aliphatic heterocycles. The molecule has 2 atom stereocenters. The Labute approximate surface area is 202 Å². The van der Waals surface area contributed by atoms with Crippen molar-refractivity contribution in [2.45, 2.75) is 44.8 Å². The zero-order valence-electron chi connectivity index (χ0n) is 19.6. The number of aliphatic carboxylic acids is 1. The molecule has 0 radical (unpaired) electrons. The first-order valence-corrected chi connectivity index (χ1v) is 11.4. The maximum absolute atomic E-state index is 14.6. The summed E-state index contributed by atoms with van der Waals surface area (Å²) in [4.78, 5) is 24.6. The quantitative estimate of drug-likeness (QED) is 0.406. The van der Waals surface area contributed by atoms with Gasteiger partial charge in [0.2, 0.25) is 5.88 Å². The Morgan fingerprint density at radius 3 is 2.57 bits per heavy atom. The standard InChI is InChI=1S/C26H28FN3O5/c1-16-7-3-4-8-18(16)20(14-24(31)32)28-25(33)21-13-23(35-15-26(2,34)17-11-12-17)30(29-21)22-10-6-5-9-19(22)27/h3-10,13,17,20,34H,11-12,14-15H2,1-2H3,(H,28,33)(H,31,32)/t20-,26?/m0/s1. The third-order valence-corrected chi connectivity index (χ3v) is 6.21. The van der Waals surface area contributed by atoms with E-state index in [1.54, 1.807) is 25.1 Å². The minimum atomic E-state index is -1.07. The number of para-hydroxylation sites is 1. The zero-order chi connectivity index (χ0) is 25.2. The molecule has 1 heterocycles. The molecule has 9 heteroatoms. The van der Waals surface area contributed by atoms with Crippen LogP contribution in [0.15, 0.2) is 54.6 Å². The Bertz CT molecular complexity index is 1240. The lowest BCUT2D eigenvalue weighted by Gasteiger charge is -2.23. The normalized spacial score (nSPS) is 15.8. The molecule has 1 amide bonds. The Morgan fingerprint density at radius 1 is 1.23 bits per heavy atom. The lowest BCUT2D eigenvalue weighted by Crippen LogP contribution is -2.35. The fourth-order valence-corrected chi connectivity index (χ4v) is 4.04. The molecule has 4 rings (SSSR count). The van der Waals surface area contributed by atoms with E-state index in [1.807, 2.05) is 19.1 Å². The molecule has 0 spiro atoms. The van der Waals surface area contributed by atoms with Crippen LogP contribution >= 0.6 is 0 Å². The Hall–Kier alpha value is -3.72. The molecule has 1 saturated carbocycles. The van der Waals surface area contributed by atoms with Gasteiger partial charge < -0.3 is 20.3 Å². The van der Waals surface area contributed by atoms with Crippen molar-refractivity contribution < 1.29 is 28.9 Å². The van der Waals surface area contributed by atoms with Crippen molar-refractivity contribution in [1.82, 2.24) is 15.1 Å². The van der Waals surface area contributed by atoms with Gasteiger partial charge in [0, 0.05) is 6.07 Å². The predicted octanol–water partition coefficient (Wildman–Crippen LogP) is 3.81. The van der Waals surface area contributed by atoms with Gasteiger partial charge in [-0.3, -0.25) is 9.59 Å². The van der Waals surface area contributed by atoms with Crippen LogP contribution in [0.1, 0.15) is 53.8 Å². The molecule has 35 heavy (non-hydrogen) atoms. The molecule has 3 aromatic rings. The monoisotopic (exact) mass is 481 g/mol. The van der Waals surface area contributed by atoms with Crippen LogP contribution in [-0.2, 0) is 4.79 Å². The summed E-state index contributed by atoms with van der Waals surface area (Å²) in [7, 11) is 0. The number of amides is 1. The number of hydrogen-bond acceptors (Lipinski definition) is 5. The molecular formula is C26H28FN3O5. The first kappa shape index (κ1) is 24.4. The van der Waals surface area contributed by atoms with Crippen LogP contribution in [0.5, 0.6) is 5.88 Å². The number of nitrogens with zero attached hydrogens (tertiary/aromatic N) is 2. The highest BCUT2D eigenvalue weighted by Crippen LogP contribution is 2.39. The zero-order valence-corrected chi connectivity index (χ0v) is 19.6. The number of aryl methyl sites for hydroxylation is 1. The molecule has 1 unspecified atom stereocenters. The molecule has 184 valence electrons. The number of carboxylic acids is 1. The predicted molar refractivity (Wildman–Crippen MR) is 126 cm³/mol. The fraction of sp³-hybridized carbons (Fsp3) is 0.346. The number of aliphatic hydroxyl groups is 1. The Kier molecular flexibility index (Phi) is 6.88. The second kappa shape index (κ2) is 9.87. The van der Waals surface area contributed by atoms with Crippen molar-refractivity contribution in [1.29, 1.82) is 0 Å². The summed E-state index contributed by atoms with van der Waals surface area (Å²) in [6, 6.07) is 13.7. The van der Waals surface area contributed by atoms with Gasteiger partial charge in [0.25, 0.3) is 5.91 Å². The van der Waals surface area contributed by atoms with Crippen molar-refractivity contribution in [2.75, 3.05) is 6.61 Å². The summed E-state index contributed by atoms with van der Waals surface area (Å²) >= 11 is 0. The number of rotatable bonds is 10. The van der Waals surface area contributed by atoms with E-state index in [0.717, 1.165) is 18.4 Å². The molecule has 1 aromatic heterocycles. The highest BCUT2D eigenvalue weighted by atomic mass is 19.1. The van der Waals surface area contributed by atoms with Gasteiger partial charge in [-0.15, -0.1) is 0 Å². The third kappa shape index (κ3) is 5.68. The number of benzene rings is 2. The van der Waals surface area contributed by atoms with Crippen molar-refractivity contribution in [3.8, 4) is 11.6 Å². The van der Waals surface area contributed by atoms with Crippen molar-refractivity contribution in [3.05, 3.63) is 77.2 Å². The van der Waals surface area contributed by atoms with E-state index in [2.05, 4.69) is 10.4 Å². The van der Waals surface area contributed by atoms with Crippen LogP contribution in [0, 0.1) is 18.7 Å². The molecule has 8 nitrogen and oxygen atoms in total. The van der Waals surface area contributed by atoms with Gasteiger partial charge in [0.15, 0.2) is 5.69 Å². The molecule has 0 bridgehead atoms. The van der Waals surface area contributed by atoms with Crippen LogP contribution in [0.25, 0.3) is 5.69 Å². The highest BCUT2D eigenvalue weighted by molar-refractivity contribution is 5.93. The Balaban J connectivity index is 1.64. The maximum Gasteiger partial charge on any atom is 0.305 e. The van der Waals surface area contributed by atoms with Crippen LogP contribution in [0.4, 0.5) is 4.39 Å². The van der Waals surface area contributed by atoms with Gasteiger partial charge in [0.1, 0.15) is 18.1 Å². The topological polar surface area (TPSA) is 114 Å². The fourth-order valence-electron chi connectivity index (χ4n) is 4.04. The maximum atomic E-state index is 14.6. The minimum Gasteiger partial charge on any atom is -0.481 e. The second-order valence-corrected chi connectivity index (χ2v) is 9.13. The van der Waals surface area contributed by atoms with Gasteiger partial charge in [-0.05, 0) is 55.9 Å². The van der Waals surface area contributed by atoms with Gasteiger partial charge in [-0.2, -0.15) is 9.78 Å². The summed E-state index contributed by atoms with van der Waals surface area (Å²) < 4.78 is 21.6. The minimum absolute atomic E-state index is 0.0519. The smallest absolute Gasteiger partial charge is 0.305 e. The van der Waals surface area contributed by atoms with Gasteiger partial charge >= 0.3 is 5.97 Å². The van der Waals surface area contributed by atoms with Crippen LogP contribution < -0.4 is 10.1 Å². The number of aromatic nitrogens is 2. The highest BCUT2D eigenvalue weighted by Gasteiger charge is 2.41. The van der Waals surface area contributed by atoms with E-state index in [-0.39, 0.29) is 36.2 Å². The van der Waals surface area contributed by atoms with Crippen molar-refractivity contribution >= 4 is 11.9 Å². The van der Waals surface area contributed by atoms with Crippen LogP contribution in [0.2, 0.25) is 0 Å².